The zero-order valence-corrected chi connectivity index (χ0v) is 15.6. The number of nitrogens with zero attached hydrogens (tertiary/aromatic N) is 1. The maximum Gasteiger partial charge on any atom is 0.257 e. The first-order valence-corrected chi connectivity index (χ1v) is 9.13. The fourth-order valence-electron chi connectivity index (χ4n) is 2.97. The van der Waals surface area contributed by atoms with Gasteiger partial charge in [0, 0.05) is 17.3 Å². The summed E-state index contributed by atoms with van der Waals surface area (Å²) in [6, 6.07) is 15.4. The molecule has 4 rings (SSSR count). The van der Waals surface area contributed by atoms with Crippen molar-refractivity contribution >= 4 is 23.2 Å². The summed E-state index contributed by atoms with van der Waals surface area (Å²) in [4.78, 5) is 24.9. The van der Waals surface area contributed by atoms with E-state index < -0.39 is 0 Å². The Kier molecular flexibility index (Phi) is 5.04. The van der Waals surface area contributed by atoms with Crippen LogP contribution in [0.5, 0.6) is 11.5 Å². The minimum absolute atomic E-state index is 0.217. The number of halogens is 1. The van der Waals surface area contributed by atoms with Crippen molar-refractivity contribution in [1.29, 1.82) is 0 Å². The van der Waals surface area contributed by atoms with Gasteiger partial charge in [-0.05, 0) is 29.8 Å². The minimum Gasteiger partial charge on any atom is -0.486 e. The highest BCUT2D eigenvalue weighted by Crippen LogP contribution is 2.37. The Bertz CT molecular complexity index is 1090. The molecule has 2 aromatic carbocycles. The highest BCUT2D eigenvalue weighted by molar-refractivity contribution is 6.31. The minimum atomic E-state index is -0.351. The Morgan fingerprint density at radius 2 is 1.86 bits per heavy atom. The van der Waals surface area contributed by atoms with Crippen LogP contribution in [0.1, 0.15) is 15.9 Å². The summed E-state index contributed by atoms with van der Waals surface area (Å²) in [5.41, 5.74) is 1.45. The third-order valence-electron chi connectivity index (χ3n) is 4.36. The van der Waals surface area contributed by atoms with Gasteiger partial charge in [0.05, 0.1) is 17.8 Å². The van der Waals surface area contributed by atoms with E-state index in [9.17, 15) is 9.59 Å². The van der Waals surface area contributed by atoms with Crippen LogP contribution in [0.15, 0.2) is 65.6 Å². The molecule has 0 aliphatic carbocycles. The van der Waals surface area contributed by atoms with E-state index in [0.717, 1.165) is 5.56 Å². The third kappa shape index (κ3) is 3.73. The standard InChI is InChI=1S/C21H17ClN2O4/c22-16-5-2-1-4-14(16)12-24-13-15(8-9-19(24)25)21(26)23-17-6-3-7-18-20(17)28-11-10-27-18/h1-9,13H,10-12H2,(H,23,26). The molecule has 0 radical (unpaired) electrons. The molecule has 28 heavy (non-hydrogen) atoms. The summed E-state index contributed by atoms with van der Waals surface area (Å²) >= 11 is 6.18. The number of nitrogens with one attached hydrogen (secondary N) is 1. The van der Waals surface area contributed by atoms with Crippen molar-refractivity contribution in [3.63, 3.8) is 0 Å². The topological polar surface area (TPSA) is 69.6 Å². The zero-order chi connectivity index (χ0) is 19.5. The fraction of sp³-hybridized carbons (Fsp3) is 0.143. The van der Waals surface area contributed by atoms with Gasteiger partial charge in [0.2, 0.25) is 0 Å². The van der Waals surface area contributed by atoms with E-state index in [1.54, 1.807) is 24.3 Å². The van der Waals surface area contributed by atoms with Crippen molar-refractivity contribution < 1.29 is 14.3 Å². The molecule has 0 fully saturated rings. The number of hydrogen-bond acceptors (Lipinski definition) is 4. The van der Waals surface area contributed by atoms with E-state index in [0.29, 0.717) is 41.0 Å². The van der Waals surface area contributed by atoms with Gasteiger partial charge in [0.1, 0.15) is 13.2 Å². The van der Waals surface area contributed by atoms with Crippen LogP contribution in [-0.2, 0) is 6.54 Å². The number of ether oxygens (including phenoxy) is 2. The van der Waals surface area contributed by atoms with Gasteiger partial charge in [-0.3, -0.25) is 9.59 Å². The van der Waals surface area contributed by atoms with E-state index in [1.165, 1.54) is 22.9 Å². The normalized spacial score (nSPS) is 12.5. The second kappa shape index (κ2) is 7.78. The molecule has 1 amide bonds. The van der Waals surface area contributed by atoms with E-state index in [2.05, 4.69) is 5.32 Å². The number of aromatic nitrogens is 1. The van der Waals surface area contributed by atoms with Gasteiger partial charge in [0.15, 0.2) is 11.5 Å². The first-order valence-electron chi connectivity index (χ1n) is 8.76. The van der Waals surface area contributed by atoms with Crippen LogP contribution in [0.25, 0.3) is 0 Å². The van der Waals surface area contributed by atoms with Crippen LogP contribution in [0, 0.1) is 0 Å². The van der Waals surface area contributed by atoms with Crippen LogP contribution < -0.4 is 20.3 Å². The molecule has 1 aromatic heterocycles. The molecule has 0 bridgehead atoms. The lowest BCUT2D eigenvalue weighted by Crippen LogP contribution is -2.23. The number of carbonyl (C=O) groups is 1. The summed E-state index contributed by atoms with van der Waals surface area (Å²) in [5.74, 6) is 0.745. The molecule has 0 spiro atoms. The average Bonchev–Trinajstić information content (AvgIpc) is 2.71. The Labute approximate surface area is 166 Å². The van der Waals surface area contributed by atoms with E-state index in [4.69, 9.17) is 21.1 Å². The van der Waals surface area contributed by atoms with E-state index in [-0.39, 0.29) is 18.0 Å². The molecule has 3 aromatic rings. The highest BCUT2D eigenvalue weighted by Gasteiger charge is 2.18. The van der Waals surface area contributed by atoms with Crippen molar-refractivity contribution in [2.24, 2.45) is 0 Å². The average molecular weight is 397 g/mol. The summed E-state index contributed by atoms with van der Waals surface area (Å²) in [6.45, 7) is 1.16. The number of fused-ring (bicyclic) bond motifs is 1. The van der Waals surface area contributed by atoms with Gasteiger partial charge in [-0.1, -0.05) is 35.9 Å². The lowest BCUT2D eigenvalue weighted by Gasteiger charge is -2.21. The number of carbonyl (C=O) groups excluding carboxylic acids is 1. The molecule has 2 heterocycles. The molecule has 7 heteroatoms. The van der Waals surface area contributed by atoms with Gasteiger partial charge in [-0.25, -0.2) is 0 Å². The first kappa shape index (κ1) is 18.1. The van der Waals surface area contributed by atoms with Crippen molar-refractivity contribution in [1.82, 2.24) is 4.57 Å². The van der Waals surface area contributed by atoms with Crippen LogP contribution in [0.3, 0.4) is 0 Å². The third-order valence-corrected chi connectivity index (χ3v) is 4.73. The zero-order valence-electron chi connectivity index (χ0n) is 14.9. The molecule has 0 saturated carbocycles. The monoisotopic (exact) mass is 396 g/mol. The first-order chi connectivity index (χ1) is 13.6. The highest BCUT2D eigenvalue weighted by atomic mass is 35.5. The number of anilines is 1. The number of hydrogen-bond donors (Lipinski definition) is 1. The number of para-hydroxylation sites is 1. The van der Waals surface area contributed by atoms with Gasteiger partial charge in [-0.2, -0.15) is 0 Å². The van der Waals surface area contributed by atoms with Crippen LogP contribution in [0.2, 0.25) is 5.02 Å². The van der Waals surface area contributed by atoms with Crippen LogP contribution in [-0.4, -0.2) is 23.7 Å². The Morgan fingerprint density at radius 1 is 1.04 bits per heavy atom. The molecular weight excluding hydrogens is 380 g/mol. The molecule has 1 aliphatic rings. The Morgan fingerprint density at radius 3 is 2.71 bits per heavy atom. The predicted octanol–water partition coefficient (Wildman–Crippen LogP) is 3.57. The van der Waals surface area contributed by atoms with Crippen molar-refractivity contribution in [3.05, 3.63) is 87.3 Å². The quantitative estimate of drug-likeness (QED) is 0.732. The largest absolute Gasteiger partial charge is 0.486 e. The molecule has 142 valence electrons. The summed E-state index contributed by atoms with van der Waals surface area (Å²) in [6.07, 6.45) is 1.52. The predicted molar refractivity (Wildman–Crippen MR) is 107 cm³/mol. The molecule has 1 N–H and O–H groups in total. The SMILES string of the molecule is O=C(Nc1cccc2c1OCCO2)c1ccc(=O)n(Cc2ccccc2Cl)c1. The summed E-state index contributed by atoms with van der Waals surface area (Å²) < 4.78 is 12.6. The van der Waals surface area contributed by atoms with Gasteiger partial charge in [-0.15, -0.1) is 0 Å². The number of rotatable bonds is 4. The Balaban J connectivity index is 1.59. The number of benzene rings is 2. The van der Waals surface area contributed by atoms with Crippen LogP contribution >= 0.6 is 11.6 Å². The lowest BCUT2D eigenvalue weighted by molar-refractivity contribution is 0.102. The maximum atomic E-state index is 12.7. The van der Waals surface area contributed by atoms with Crippen molar-refractivity contribution in [3.8, 4) is 11.5 Å². The lowest BCUT2D eigenvalue weighted by atomic mass is 10.2. The van der Waals surface area contributed by atoms with Gasteiger partial charge >= 0.3 is 0 Å². The van der Waals surface area contributed by atoms with E-state index >= 15 is 0 Å². The summed E-state index contributed by atoms with van der Waals surface area (Å²) in [5, 5.41) is 3.39. The number of pyridine rings is 1. The summed E-state index contributed by atoms with van der Waals surface area (Å²) in [7, 11) is 0. The van der Waals surface area contributed by atoms with E-state index in [1.807, 2.05) is 18.2 Å². The maximum absolute atomic E-state index is 12.7. The molecule has 6 nitrogen and oxygen atoms in total. The molecule has 1 aliphatic heterocycles. The molecule has 0 saturated heterocycles. The van der Waals surface area contributed by atoms with Crippen molar-refractivity contribution in [2.75, 3.05) is 18.5 Å². The second-order valence-corrected chi connectivity index (χ2v) is 6.67. The smallest absolute Gasteiger partial charge is 0.257 e. The van der Waals surface area contributed by atoms with Gasteiger partial charge in [0.25, 0.3) is 11.5 Å². The van der Waals surface area contributed by atoms with Gasteiger partial charge < -0.3 is 19.4 Å². The molecular formula is C21H17ClN2O4. The van der Waals surface area contributed by atoms with Crippen molar-refractivity contribution in [2.45, 2.75) is 6.54 Å². The van der Waals surface area contributed by atoms with Crippen LogP contribution in [0.4, 0.5) is 5.69 Å². The number of amides is 1. The molecule has 0 unspecified atom stereocenters. The fourth-order valence-corrected chi connectivity index (χ4v) is 3.16. The molecule has 0 atom stereocenters. The Hall–Kier alpha value is -3.25. The second-order valence-electron chi connectivity index (χ2n) is 6.26.